The van der Waals surface area contributed by atoms with Crippen molar-refractivity contribution >= 4 is 34.6 Å². The first-order valence-corrected chi connectivity index (χ1v) is 8.90. The van der Waals surface area contributed by atoms with Crippen LogP contribution in [-0.2, 0) is 0 Å². The van der Waals surface area contributed by atoms with Crippen LogP contribution in [0.15, 0.2) is 36.1 Å². The van der Waals surface area contributed by atoms with Crippen LogP contribution in [0, 0.1) is 0 Å². The minimum atomic E-state index is -0.360. The fourth-order valence-corrected chi connectivity index (χ4v) is 3.14. The molecule has 25 heavy (non-hydrogen) atoms. The van der Waals surface area contributed by atoms with Gasteiger partial charge in [-0.25, -0.2) is 14.8 Å². The number of urea groups is 1. The summed E-state index contributed by atoms with van der Waals surface area (Å²) in [5.41, 5.74) is 1.88. The number of anilines is 3. The number of carbonyl (C=O) groups excluding carboxylic acids is 1. The lowest BCUT2D eigenvalue weighted by Crippen LogP contribution is -2.27. The highest BCUT2D eigenvalue weighted by atomic mass is 32.1. The van der Waals surface area contributed by atoms with Crippen molar-refractivity contribution < 1.29 is 4.79 Å². The fraction of sp³-hybridized carbons (Fsp3) is 0.250. The lowest BCUT2D eigenvalue weighted by atomic mass is 9.93. The zero-order valence-corrected chi connectivity index (χ0v) is 14.1. The Kier molecular flexibility index (Phi) is 4.30. The van der Waals surface area contributed by atoms with Crippen LogP contribution >= 0.6 is 11.3 Å². The van der Waals surface area contributed by atoms with Gasteiger partial charge in [0, 0.05) is 17.6 Å². The van der Waals surface area contributed by atoms with Crippen molar-refractivity contribution in [3.63, 3.8) is 0 Å². The molecule has 0 spiro atoms. The first kappa shape index (κ1) is 15.6. The summed E-state index contributed by atoms with van der Waals surface area (Å²) in [6.45, 7) is 0. The number of aromatic nitrogens is 4. The molecule has 3 aromatic heterocycles. The van der Waals surface area contributed by atoms with Gasteiger partial charge in [0.25, 0.3) is 0 Å². The van der Waals surface area contributed by atoms with Crippen molar-refractivity contribution in [2.24, 2.45) is 0 Å². The van der Waals surface area contributed by atoms with E-state index in [1.165, 1.54) is 30.6 Å². The van der Waals surface area contributed by atoms with Gasteiger partial charge in [0.1, 0.15) is 16.5 Å². The molecule has 1 saturated carbocycles. The Hall–Kier alpha value is -2.94. The van der Waals surface area contributed by atoms with Gasteiger partial charge in [-0.3, -0.25) is 5.10 Å². The van der Waals surface area contributed by atoms with Crippen molar-refractivity contribution in [1.82, 2.24) is 20.2 Å². The van der Waals surface area contributed by atoms with Gasteiger partial charge in [-0.1, -0.05) is 0 Å². The number of hydrogen-bond acceptors (Lipinski definition) is 6. The van der Waals surface area contributed by atoms with Gasteiger partial charge in [0.2, 0.25) is 0 Å². The average Bonchev–Trinajstić information content (AvgIpc) is 3.23. The van der Waals surface area contributed by atoms with Crippen LogP contribution in [0.5, 0.6) is 0 Å². The van der Waals surface area contributed by atoms with Crippen LogP contribution in [0.2, 0.25) is 0 Å². The topological polar surface area (TPSA) is 108 Å². The van der Waals surface area contributed by atoms with Gasteiger partial charge in [0.05, 0.1) is 23.8 Å². The van der Waals surface area contributed by atoms with E-state index >= 15 is 0 Å². The Bertz CT molecular complexity index is 840. The first-order chi connectivity index (χ1) is 12.3. The summed E-state index contributed by atoms with van der Waals surface area (Å²) in [4.78, 5) is 20.7. The Morgan fingerprint density at radius 2 is 2.12 bits per heavy atom. The third-order valence-electron chi connectivity index (χ3n) is 4.01. The van der Waals surface area contributed by atoms with Crippen LogP contribution in [0.1, 0.15) is 19.3 Å². The predicted molar refractivity (Wildman–Crippen MR) is 97.8 cm³/mol. The summed E-state index contributed by atoms with van der Waals surface area (Å²) < 4.78 is 0. The number of aromatic amines is 1. The number of thiazole rings is 1. The smallest absolute Gasteiger partial charge is 0.323 e. The summed E-state index contributed by atoms with van der Waals surface area (Å²) in [6.07, 6.45) is 8.55. The molecule has 1 aliphatic carbocycles. The predicted octanol–water partition coefficient (Wildman–Crippen LogP) is 3.54. The minimum absolute atomic E-state index is 0.360. The maximum absolute atomic E-state index is 12.2. The van der Waals surface area contributed by atoms with E-state index in [-0.39, 0.29) is 6.03 Å². The summed E-state index contributed by atoms with van der Waals surface area (Å²) >= 11 is 1.47. The van der Waals surface area contributed by atoms with Crippen LogP contribution in [0.4, 0.5) is 22.0 Å². The second-order valence-electron chi connectivity index (χ2n) is 5.78. The second kappa shape index (κ2) is 6.89. The third kappa shape index (κ3) is 3.61. The molecule has 0 aromatic carbocycles. The third-order valence-corrected chi connectivity index (χ3v) is 4.80. The number of amides is 2. The maximum Gasteiger partial charge on any atom is 0.323 e. The maximum atomic E-state index is 12.2. The SMILES string of the molecule is O=C(Nc1ccc(NC2CCC2)nc1)Nc1cn[nH]c1-c1nccs1. The van der Waals surface area contributed by atoms with Crippen LogP contribution in [0.3, 0.4) is 0 Å². The molecule has 0 radical (unpaired) electrons. The second-order valence-corrected chi connectivity index (χ2v) is 6.67. The number of carbonyl (C=O) groups is 1. The van der Waals surface area contributed by atoms with Crippen molar-refractivity contribution in [1.29, 1.82) is 0 Å². The molecule has 3 heterocycles. The lowest BCUT2D eigenvalue weighted by molar-refractivity contribution is 0.262. The zero-order valence-electron chi connectivity index (χ0n) is 13.3. The van der Waals surface area contributed by atoms with Gasteiger partial charge in [-0.2, -0.15) is 5.10 Å². The lowest BCUT2D eigenvalue weighted by Gasteiger charge is -2.26. The van der Waals surface area contributed by atoms with Gasteiger partial charge in [-0.05, 0) is 31.4 Å². The first-order valence-electron chi connectivity index (χ1n) is 8.02. The summed E-state index contributed by atoms with van der Waals surface area (Å²) in [5.74, 6) is 0.830. The molecule has 8 nitrogen and oxygen atoms in total. The molecule has 9 heteroatoms. The van der Waals surface area contributed by atoms with E-state index < -0.39 is 0 Å². The van der Waals surface area contributed by atoms with E-state index in [1.54, 1.807) is 18.6 Å². The number of nitrogens with zero attached hydrogens (tertiary/aromatic N) is 3. The highest BCUT2D eigenvalue weighted by Gasteiger charge is 2.17. The number of hydrogen-bond donors (Lipinski definition) is 4. The number of rotatable bonds is 5. The summed E-state index contributed by atoms with van der Waals surface area (Å²) in [7, 11) is 0. The molecule has 0 aliphatic heterocycles. The molecule has 0 bridgehead atoms. The van der Waals surface area contributed by atoms with Gasteiger partial charge in [0.15, 0.2) is 0 Å². The average molecular weight is 355 g/mol. The molecule has 0 unspecified atom stereocenters. The Morgan fingerprint density at radius 3 is 2.80 bits per heavy atom. The highest BCUT2D eigenvalue weighted by molar-refractivity contribution is 7.13. The van der Waals surface area contributed by atoms with Crippen LogP contribution in [0.25, 0.3) is 10.7 Å². The van der Waals surface area contributed by atoms with E-state index in [2.05, 4.69) is 36.1 Å². The highest BCUT2D eigenvalue weighted by Crippen LogP contribution is 2.27. The fourth-order valence-electron chi connectivity index (χ4n) is 2.49. The molecule has 1 aliphatic rings. The van der Waals surface area contributed by atoms with Crippen LogP contribution in [-0.4, -0.2) is 32.2 Å². The van der Waals surface area contributed by atoms with Crippen LogP contribution < -0.4 is 16.0 Å². The Labute approximate surface area is 148 Å². The van der Waals surface area contributed by atoms with E-state index in [1.807, 2.05) is 17.5 Å². The standard InChI is InChI=1S/C16H17N7OS/c24-16(22-12-9-19-23-14(12)15-17-6-7-25-15)21-11-4-5-13(18-8-11)20-10-2-1-3-10/h4-10H,1-3H2,(H,18,20)(H,19,23)(H2,21,22,24). The largest absolute Gasteiger partial charge is 0.367 e. The normalized spacial score (nSPS) is 13.9. The minimum Gasteiger partial charge on any atom is -0.367 e. The zero-order chi connectivity index (χ0) is 17.1. The molecule has 2 amide bonds. The van der Waals surface area contributed by atoms with Crippen molar-refractivity contribution in [2.45, 2.75) is 25.3 Å². The molecule has 3 aromatic rings. The Balaban J connectivity index is 1.37. The van der Waals surface area contributed by atoms with Crippen molar-refractivity contribution in [2.75, 3.05) is 16.0 Å². The molecule has 4 rings (SSSR count). The molecule has 0 saturated heterocycles. The summed E-state index contributed by atoms with van der Waals surface area (Å²) in [6, 6.07) is 3.86. The number of pyridine rings is 1. The van der Waals surface area contributed by atoms with E-state index in [0.717, 1.165) is 10.8 Å². The number of H-pyrrole nitrogens is 1. The van der Waals surface area contributed by atoms with Gasteiger partial charge < -0.3 is 16.0 Å². The number of nitrogens with one attached hydrogen (secondary N) is 4. The molecular weight excluding hydrogens is 338 g/mol. The molecule has 1 fully saturated rings. The van der Waals surface area contributed by atoms with Crippen molar-refractivity contribution in [3.05, 3.63) is 36.1 Å². The quantitative estimate of drug-likeness (QED) is 0.560. The molecule has 4 N–H and O–H groups in total. The van der Waals surface area contributed by atoms with E-state index in [0.29, 0.717) is 23.1 Å². The van der Waals surface area contributed by atoms with E-state index in [4.69, 9.17) is 0 Å². The monoisotopic (exact) mass is 355 g/mol. The van der Waals surface area contributed by atoms with Gasteiger partial charge >= 0.3 is 6.03 Å². The molecule has 0 atom stereocenters. The summed E-state index contributed by atoms with van der Waals surface area (Å²) in [5, 5.41) is 18.3. The molecule has 128 valence electrons. The van der Waals surface area contributed by atoms with Crippen molar-refractivity contribution in [3.8, 4) is 10.7 Å². The molecular formula is C16H17N7OS. The Morgan fingerprint density at radius 1 is 1.20 bits per heavy atom. The van der Waals surface area contributed by atoms with Gasteiger partial charge in [-0.15, -0.1) is 11.3 Å². The van der Waals surface area contributed by atoms with E-state index in [9.17, 15) is 4.79 Å².